The van der Waals surface area contributed by atoms with Crippen LogP contribution in [0.15, 0.2) is 23.8 Å². The number of phenolic OH excluding ortho intramolecular Hbond substituents is 1. The van der Waals surface area contributed by atoms with Crippen molar-refractivity contribution in [3.63, 3.8) is 0 Å². The maximum atomic E-state index is 15.0. The minimum Gasteiger partial charge on any atom is -0.503 e. The SMILES string of the molecule is COc1cc([C@H]2C3=CC[C@@H]4C(=O)NC(=O)[C@@H]4[C@@H]3C[C@@]3(Cl)C(=O)N(c4c(F)c(F)c(F)c(F)c4F)C(=O)[C@@]23Cl)cc(Cl)c1O. The van der Waals surface area contributed by atoms with Crippen molar-refractivity contribution in [3.8, 4) is 11.5 Å². The minimum absolute atomic E-state index is 0.0146. The second-order valence-electron chi connectivity index (χ2n) is 10.6. The number of nitrogens with zero attached hydrogens (tertiary/aromatic N) is 1. The highest BCUT2D eigenvalue weighted by Crippen LogP contribution is 2.66. The summed E-state index contributed by atoms with van der Waals surface area (Å²) < 4.78 is 77.5. The third kappa shape index (κ3) is 3.61. The van der Waals surface area contributed by atoms with Crippen LogP contribution >= 0.6 is 34.8 Å². The summed E-state index contributed by atoms with van der Waals surface area (Å²) in [6.45, 7) is 0. The summed E-state index contributed by atoms with van der Waals surface area (Å²) >= 11 is 20.1. The van der Waals surface area contributed by atoms with Crippen molar-refractivity contribution in [1.82, 2.24) is 5.32 Å². The second kappa shape index (κ2) is 9.54. The van der Waals surface area contributed by atoms with Gasteiger partial charge >= 0.3 is 0 Å². The highest BCUT2D eigenvalue weighted by Gasteiger charge is 2.77. The third-order valence-corrected chi connectivity index (χ3v) is 10.4. The number of halogens is 8. The number of methoxy groups -OCH3 is 1. The summed E-state index contributed by atoms with van der Waals surface area (Å²) in [7, 11) is 1.18. The molecule has 226 valence electrons. The molecule has 0 aromatic heterocycles. The van der Waals surface area contributed by atoms with Crippen LogP contribution in [0.4, 0.5) is 27.6 Å². The molecule has 2 aromatic rings. The quantitative estimate of drug-likeness (QED) is 0.124. The third-order valence-electron chi connectivity index (χ3n) is 8.67. The minimum atomic E-state index is -2.72. The van der Waals surface area contributed by atoms with E-state index in [4.69, 9.17) is 39.5 Å². The van der Waals surface area contributed by atoms with E-state index in [0.29, 0.717) is 0 Å². The fraction of sp³-hybridized carbons (Fsp3) is 0.333. The van der Waals surface area contributed by atoms with Crippen LogP contribution in [0, 0.1) is 46.8 Å². The highest BCUT2D eigenvalue weighted by molar-refractivity contribution is 6.58. The molecular weight excluding hydrogens is 650 g/mol. The molecule has 1 saturated carbocycles. The molecule has 4 amide bonds. The fourth-order valence-electron chi connectivity index (χ4n) is 6.77. The number of benzene rings is 2. The van der Waals surface area contributed by atoms with Crippen molar-refractivity contribution in [2.75, 3.05) is 12.0 Å². The molecule has 2 N–H and O–H groups in total. The molecule has 0 unspecified atom stereocenters. The number of nitrogens with one attached hydrogen (secondary N) is 1. The average Bonchev–Trinajstić information content (AvgIpc) is 3.34. The van der Waals surface area contributed by atoms with Crippen molar-refractivity contribution >= 4 is 64.1 Å². The van der Waals surface area contributed by atoms with Gasteiger partial charge < -0.3 is 9.84 Å². The number of amides is 4. The largest absolute Gasteiger partial charge is 0.503 e. The number of allylic oxidation sites excluding steroid dienone is 2. The van der Waals surface area contributed by atoms with Gasteiger partial charge in [-0.05, 0) is 36.5 Å². The first-order chi connectivity index (χ1) is 20.1. The highest BCUT2D eigenvalue weighted by atomic mass is 35.5. The van der Waals surface area contributed by atoms with Gasteiger partial charge in [0.25, 0.3) is 11.8 Å². The van der Waals surface area contributed by atoms with Crippen LogP contribution in [-0.4, -0.2) is 45.6 Å². The first-order valence-electron chi connectivity index (χ1n) is 12.5. The lowest BCUT2D eigenvalue weighted by molar-refractivity contribution is -0.127. The molecule has 2 aliphatic carbocycles. The van der Waals surface area contributed by atoms with Crippen molar-refractivity contribution in [3.05, 3.63) is 63.5 Å². The Kier molecular flexibility index (Phi) is 6.58. The summed E-state index contributed by atoms with van der Waals surface area (Å²) in [5.74, 6) is -22.2. The van der Waals surface area contributed by atoms with E-state index in [9.17, 15) is 46.2 Å². The maximum absolute atomic E-state index is 15.0. The molecule has 2 aliphatic heterocycles. The van der Waals surface area contributed by atoms with E-state index in [1.54, 1.807) is 0 Å². The van der Waals surface area contributed by atoms with Gasteiger partial charge in [-0.3, -0.25) is 24.5 Å². The smallest absolute Gasteiger partial charge is 0.258 e. The number of carbonyl (C=O) groups excluding carboxylic acids is 4. The Balaban J connectivity index is 1.64. The monoisotopic (exact) mass is 664 g/mol. The lowest BCUT2D eigenvalue weighted by atomic mass is 9.56. The van der Waals surface area contributed by atoms with Gasteiger partial charge in [-0.25, -0.2) is 26.9 Å². The molecule has 6 atom stereocenters. The van der Waals surface area contributed by atoms with E-state index in [0.717, 1.165) is 6.07 Å². The van der Waals surface area contributed by atoms with Gasteiger partial charge in [0.1, 0.15) is 5.69 Å². The lowest BCUT2D eigenvalue weighted by Crippen LogP contribution is -2.60. The Bertz CT molecular complexity index is 1710. The number of ether oxygens (including phenoxy) is 1. The van der Waals surface area contributed by atoms with E-state index in [2.05, 4.69) is 5.32 Å². The number of anilines is 1. The van der Waals surface area contributed by atoms with E-state index >= 15 is 0 Å². The zero-order valence-electron chi connectivity index (χ0n) is 21.4. The average molecular weight is 666 g/mol. The number of hydrogen-bond acceptors (Lipinski definition) is 6. The normalized spacial score (nSPS) is 31.5. The first-order valence-corrected chi connectivity index (χ1v) is 13.6. The van der Waals surface area contributed by atoms with Gasteiger partial charge in [-0.2, -0.15) is 0 Å². The molecule has 0 spiro atoms. The van der Waals surface area contributed by atoms with Crippen LogP contribution in [0.3, 0.4) is 0 Å². The molecule has 16 heteroatoms. The standard InChI is InChI=1S/C27H16Cl3F5N2O6/c1-43-12-5-7(4-11(28)21(12)38)14-8-2-3-9-13(23(40)36-22(9)39)10(8)6-26(29)24(41)37(25(42)27(14,26)30)20-18(34)16(32)15(31)17(33)19(20)35/h2,4-5,9-10,13-14,38H,3,6H2,1H3,(H,36,39,40)/t9-,10+,13-,14-,26+,27-/m0/s1. The summed E-state index contributed by atoms with van der Waals surface area (Å²) in [6, 6.07) is 2.35. The topological polar surface area (TPSA) is 113 Å². The molecular formula is C27H16Cl3F5N2O6. The van der Waals surface area contributed by atoms with Crippen LogP contribution in [-0.2, 0) is 19.2 Å². The zero-order chi connectivity index (χ0) is 31.5. The number of carbonyl (C=O) groups is 4. The van der Waals surface area contributed by atoms with Crippen LogP contribution in [0.2, 0.25) is 5.02 Å². The number of imide groups is 2. The van der Waals surface area contributed by atoms with Gasteiger partial charge in [0, 0.05) is 5.92 Å². The second-order valence-corrected chi connectivity index (χ2v) is 12.2. The van der Waals surface area contributed by atoms with Crippen molar-refractivity contribution in [2.45, 2.75) is 28.5 Å². The van der Waals surface area contributed by atoms with Crippen molar-refractivity contribution < 1.29 is 51.0 Å². The Morgan fingerprint density at radius 1 is 0.930 bits per heavy atom. The number of rotatable bonds is 3. The summed E-state index contributed by atoms with van der Waals surface area (Å²) in [4.78, 5) is 47.9. The number of phenols is 1. The number of fused-ring (bicyclic) bond motifs is 4. The molecule has 2 aromatic carbocycles. The summed E-state index contributed by atoms with van der Waals surface area (Å²) in [5.41, 5.74) is -1.68. The zero-order valence-corrected chi connectivity index (χ0v) is 23.7. The van der Waals surface area contributed by atoms with E-state index in [1.807, 2.05) is 0 Å². The predicted molar refractivity (Wildman–Crippen MR) is 139 cm³/mol. The molecule has 2 saturated heterocycles. The van der Waals surface area contributed by atoms with Crippen molar-refractivity contribution in [2.24, 2.45) is 17.8 Å². The maximum Gasteiger partial charge on any atom is 0.258 e. The van der Waals surface area contributed by atoms with Gasteiger partial charge in [-0.15, -0.1) is 23.2 Å². The Morgan fingerprint density at radius 2 is 1.53 bits per heavy atom. The molecule has 6 rings (SSSR count). The number of alkyl halides is 2. The number of hydrogen-bond donors (Lipinski definition) is 2. The van der Waals surface area contributed by atoms with Gasteiger partial charge in [0.15, 0.2) is 44.5 Å². The molecule has 0 bridgehead atoms. The predicted octanol–water partition coefficient (Wildman–Crippen LogP) is 4.60. The fourth-order valence-corrected chi connectivity index (χ4v) is 7.92. The first kappa shape index (κ1) is 29.6. The van der Waals surface area contributed by atoms with Gasteiger partial charge in [0.05, 0.1) is 24.0 Å². The van der Waals surface area contributed by atoms with E-state index < -0.39 is 104 Å². The Hall–Kier alpha value is -3.42. The van der Waals surface area contributed by atoms with E-state index in [1.165, 1.54) is 19.3 Å². The van der Waals surface area contributed by atoms with Crippen LogP contribution in [0.5, 0.6) is 11.5 Å². The number of aromatic hydroxyl groups is 1. The van der Waals surface area contributed by atoms with Gasteiger partial charge in [-0.1, -0.05) is 23.3 Å². The lowest BCUT2D eigenvalue weighted by Gasteiger charge is -2.50. The molecule has 0 radical (unpaired) electrons. The summed E-state index contributed by atoms with van der Waals surface area (Å²) in [5, 5.41) is 12.2. The summed E-state index contributed by atoms with van der Waals surface area (Å²) in [6.07, 6.45) is 0.863. The van der Waals surface area contributed by atoms with Gasteiger partial charge in [0.2, 0.25) is 17.6 Å². The Labute approximate surface area is 253 Å². The molecule has 4 aliphatic rings. The molecule has 3 fully saturated rings. The van der Waals surface area contributed by atoms with Crippen LogP contribution < -0.4 is 15.0 Å². The Morgan fingerprint density at radius 3 is 2.14 bits per heavy atom. The molecule has 2 heterocycles. The van der Waals surface area contributed by atoms with Crippen molar-refractivity contribution in [1.29, 1.82) is 0 Å². The van der Waals surface area contributed by atoms with E-state index in [-0.39, 0.29) is 33.2 Å². The van der Waals surface area contributed by atoms with Crippen LogP contribution in [0.1, 0.15) is 24.3 Å². The molecule has 8 nitrogen and oxygen atoms in total. The van der Waals surface area contributed by atoms with Crippen LogP contribution in [0.25, 0.3) is 0 Å². The molecule has 43 heavy (non-hydrogen) atoms.